The first-order chi connectivity index (χ1) is 9.36. The van der Waals surface area contributed by atoms with Crippen LogP contribution in [0.4, 0.5) is 0 Å². The van der Waals surface area contributed by atoms with Crippen molar-refractivity contribution in [3.05, 3.63) is 16.7 Å². The maximum Gasteiger partial charge on any atom is 0.173 e. The lowest BCUT2D eigenvalue weighted by Gasteiger charge is -2.15. The molecular formula is C15H20O5. The van der Waals surface area contributed by atoms with E-state index in [-0.39, 0.29) is 35.3 Å². The Kier molecular flexibility index (Phi) is 5.13. The Bertz CT molecular complexity index is 468. The number of rotatable bonds is 6. The van der Waals surface area contributed by atoms with Crippen LogP contribution in [0.15, 0.2) is 0 Å². The topological polar surface area (TPSA) is 94.8 Å². The van der Waals surface area contributed by atoms with E-state index >= 15 is 0 Å². The summed E-state index contributed by atoms with van der Waals surface area (Å²) in [6.07, 6.45) is 1.46. The van der Waals surface area contributed by atoms with E-state index in [0.717, 1.165) is 0 Å². The third kappa shape index (κ3) is 2.76. The van der Waals surface area contributed by atoms with E-state index in [2.05, 4.69) is 0 Å². The van der Waals surface area contributed by atoms with Crippen LogP contribution in [0.5, 0.6) is 17.2 Å². The Morgan fingerprint density at radius 3 is 1.65 bits per heavy atom. The summed E-state index contributed by atoms with van der Waals surface area (Å²) in [5.41, 5.74) is -0.303. The highest BCUT2D eigenvalue weighted by Gasteiger charge is 2.27. The van der Waals surface area contributed by atoms with Gasteiger partial charge in [-0.05, 0) is 19.8 Å². The number of hydrogen-bond donors (Lipinski definition) is 3. The second-order valence-corrected chi connectivity index (χ2v) is 4.77. The standard InChI is InChI=1S/C15H20O5/c1-4-6-9(16)11-8(3)13(18)12(10(17)7-5-2)15(20)14(11)19/h18-20H,4-7H2,1-3H3. The van der Waals surface area contributed by atoms with Gasteiger partial charge in [-0.25, -0.2) is 0 Å². The molecule has 0 fully saturated rings. The molecule has 0 radical (unpaired) electrons. The lowest BCUT2D eigenvalue weighted by molar-refractivity contribution is 0.0960. The summed E-state index contributed by atoms with van der Waals surface area (Å²) in [6.45, 7) is 5.04. The van der Waals surface area contributed by atoms with Gasteiger partial charge in [-0.3, -0.25) is 9.59 Å². The van der Waals surface area contributed by atoms with E-state index in [1.807, 2.05) is 6.92 Å². The normalized spacial score (nSPS) is 10.6. The van der Waals surface area contributed by atoms with Gasteiger partial charge in [0.15, 0.2) is 23.1 Å². The second kappa shape index (κ2) is 6.41. The Morgan fingerprint density at radius 2 is 1.20 bits per heavy atom. The zero-order chi connectivity index (χ0) is 15.4. The largest absolute Gasteiger partial charge is 0.507 e. The van der Waals surface area contributed by atoms with Crippen molar-refractivity contribution in [3.8, 4) is 17.2 Å². The molecule has 1 aromatic rings. The number of carbonyl (C=O) groups excluding carboxylic acids is 2. The minimum Gasteiger partial charge on any atom is -0.507 e. The molecule has 0 unspecified atom stereocenters. The van der Waals surface area contributed by atoms with Crippen molar-refractivity contribution < 1.29 is 24.9 Å². The van der Waals surface area contributed by atoms with Crippen LogP contribution in [-0.2, 0) is 0 Å². The summed E-state index contributed by atoms with van der Waals surface area (Å²) in [4.78, 5) is 23.8. The van der Waals surface area contributed by atoms with Gasteiger partial charge in [-0.15, -0.1) is 0 Å². The van der Waals surface area contributed by atoms with Gasteiger partial charge < -0.3 is 15.3 Å². The molecule has 5 heteroatoms. The molecular weight excluding hydrogens is 260 g/mol. The minimum atomic E-state index is -0.717. The first kappa shape index (κ1) is 16.0. The van der Waals surface area contributed by atoms with Crippen molar-refractivity contribution in [1.29, 1.82) is 0 Å². The molecule has 0 aromatic heterocycles. The number of phenols is 3. The lowest BCUT2D eigenvalue weighted by atomic mass is 9.93. The Hall–Kier alpha value is -2.04. The van der Waals surface area contributed by atoms with Crippen molar-refractivity contribution in [2.24, 2.45) is 0 Å². The van der Waals surface area contributed by atoms with Gasteiger partial charge in [-0.1, -0.05) is 13.8 Å². The molecule has 110 valence electrons. The zero-order valence-corrected chi connectivity index (χ0v) is 12.0. The lowest BCUT2D eigenvalue weighted by Crippen LogP contribution is -2.07. The van der Waals surface area contributed by atoms with Crippen LogP contribution in [0.25, 0.3) is 0 Å². The number of aromatic hydroxyl groups is 3. The molecule has 1 aromatic carbocycles. The van der Waals surface area contributed by atoms with Crippen LogP contribution in [-0.4, -0.2) is 26.9 Å². The SMILES string of the molecule is CCCC(=O)c1c(C)c(O)c(C(=O)CCC)c(O)c1O. The molecule has 0 aliphatic rings. The maximum atomic E-state index is 11.9. The monoisotopic (exact) mass is 280 g/mol. The summed E-state index contributed by atoms with van der Waals surface area (Å²) in [5.74, 6) is -2.61. The number of ketones is 2. The number of hydrogen-bond acceptors (Lipinski definition) is 5. The van der Waals surface area contributed by atoms with Gasteiger partial charge in [-0.2, -0.15) is 0 Å². The summed E-state index contributed by atoms with van der Waals surface area (Å²) in [6, 6.07) is 0. The molecule has 0 saturated carbocycles. The molecule has 5 nitrogen and oxygen atoms in total. The van der Waals surface area contributed by atoms with Gasteiger partial charge in [0.25, 0.3) is 0 Å². The summed E-state index contributed by atoms with van der Waals surface area (Å²) < 4.78 is 0. The summed E-state index contributed by atoms with van der Waals surface area (Å²) >= 11 is 0. The summed E-state index contributed by atoms with van der Waals surface area (Å²) in [5, 5.41) is 29.9. The molecule has 0 spiro atoms. The van der Waals surface area contributed by atoms with E-state index in [9.17, 15) is 24.9 Å². The average Bonchev–Trinajstić information content (AvgIpc) is 2.37. The van der Waals surface area contributed by atoms with Crippen LogP contribution in [0.1, 0.15) is 65.8 Å². The molecule has 0 aliphatic heterocycles. The number of phenolic OH excluding ortho intramolecular Hbond substituents is 3. The van der Waals surface area contributed by atoms with Crippen molar-refractivity contribution in [2.45, 2.75) is 46.5 Å². The van der Waals surface area contributed by atoms with E-state index in [1.165, 1.54) is 6.92 Å². The molecule has 0 amide bonds. The molecule has 3 N–H and O–H groups in total. The van der Waals surface area contributed by atoms with Crippen LogP contribution in [0, 0.1) is 6.92 Å². The number of Topliss-reactive ketones (excluding diaryl/α,β-unsaturated/α-hetero) is 2. The predicted octanol–water partition coefficient (Wildman–Crippen LogP) is 3.08. The number of carbonyl (C=O) groups is 2. The minimum absolute atomic E-state index is 0.116. The summed E-state index contributed by atoms with van der Waals surface area (Å²) in [7, 11) is 0. The van der Waals surface area contributed by atoms with Crippen molar-refractivity contribution in [1.82, 2.24) is 0 Å². The van der Waals surface area contributed by atoms with Crippen LogP contribution < -0.4 is 0 Å². The van der Waals surface area contributed by atoms with Gasteiger partial charge in [0, 0.05) is 18.4 Å². The van der Waals surface area contributed by atoms with Crippen LogP contribution in [0.2, 0.25) is 0 Å². The van der Waals surface area contributed by atoms with Crippen molar-refractivity contribution in [2.75, 3.05) is 0 Å². The van der Waals surface area contributed by atoms with Gasteiger partial charge in [0.2, 0.25) is 0 Å². The fourth-order valence-corrected chi connectivity index (χ4v) is 2.14. The first-order valence-corrected chi connectivity index (χ1v) is 6.70. The molecule has 20 heavy (non-hydrogen) atoms. The highest BCUT2D eigenvalue weighted by atomic mass is 16.3. The van der Waals surface area contributed by atoms with Crippen molar-refractivity contribution >= 4 is 11.6 Å². The third-order valence-electron chi connectivity index (χ3n) is 3.18. The van der Waals surface area contributed by atoms with Gasteiger partial charge in [0.1, 0.15) is 11.3 Å². The number of benzene rings is 1. The van der Waals surface area contributed by atoms with Crippen LogP contribution >= 0.6 is 0 Å². The van der Waals surface area contributed by atoms with E-state index in [0.29, 0.717) is 12.8 Å². The highest BCUT2D eigenvalue weighted by Crippen LogP contribution is 2.43. The van der Waals surface area contributed by atoms with E-state index < -0.39 is 23.0 Å². The van der Waals surface area contributed by atoms with Gasteiger partial charge >= 0.3 is 0 Å². The van der Waals surface area contributed by atoms with E-state index in [4.69, 9.17) is 0 Å². The Balaban J connectivity index is 3.49. The van der Waals surface area contributed by atoms with E-state index in [1.54, 1.807) is 6.92 Å². The highest BCUT2D eigenvalue weighted by molar-refractivity contribution is 6.07. The molecule has 0 aliphatic carbocycles. The predicted molar refractivity (Wildman–Crippen MR) is 74.7 cm³/mol. The van der Waals surface area contributed by atoms with Gasteiger partial charge in [0.05, 0.1) is 5.56 Å². The average molecular weight is 280 g/mol. The molecule has 0 bridgehead atoms. The third-order valence-corrected chi connectivity index (χ3v) is 3.18. The maximum absolute atomic E-state index is 11.9. The van der Waals surface area contributed by atoms with Crippen molar-refractivity contribution in [3.63, 3.8) is 0 Å². The Morgan fingerprint density at radius 1 is 0.800 bits per heavy atom. The molecule has 1 rings (SSSR count). The zero-order valence-electron chi connectivity index (χ0n) is 12.0. The fourth-order valence-electron chi connectivity index (χ4n) is 2.14. The quantitative estimate of drug-likeness (QED) is 0.423. The van der Waals surface area contributed by atoms with Crippen LogP contribution in [0.3, 0.4) is 0 Å². The Labute approximate surface area is 117 Å². The fraction of sp³-hybridized carbons (Fsp3) is 0.467. The molecule has 0 atom stereocenters. The molecule has 0 heterocycles. The second-order valence-electron chi connectivity index (χ2n) is 4.77. The first-order valence-electron chi connectivity index (χ1n) is 6.70. The smallest absolute Gasteiger partial charge is 0.173 e. The molecule has 0 saturated heterocycles.